The van der Waals surface area contributed by atoms with Crippen LogP contribution in [0.5, 0.6) is 5.75 Å². The minimum Gasteiger partial charge on any atom is -0.494 e. The normalized spacial score (nSPS) is 11.5. The second kappa shape index (κ2) is 8.84. The maximum absolute atomic E-state index is 11.6. The molecule has 0 aliphatic heterocycles. The van der Waals surface area contributed by atoms with E-state index in [0.29, 0.717) is 25.3 Å². The smallest absolute Gasteiger partial charge is 0.319 e. The van der Waals surface area contributed by atoms with Gasteiger partial charge in [0.05, 0.1) is 12.5 Å². The van der Waals surface area contributed by atoms with Crippen LogP contribution >= 0.6 is 0 Å². The molecule has 0 spiro atoms. The third-order valence-electron chi connectivity index (χ3n) is 2.87. The molecule has 6 heteroatoms. The molecule has 1 aromatic rings. The van der Waals surface area contributed by atoms with Gasteiger partial charge in [0.15, 0.2) is 0 Å². The van der Waals surface area contributed by atoms with Crippen molar-refractivity contribution in [1.82, 2.24) is 5.32 Å². The van der Waals surface area contributed by atoms with Gasteiger partial charge in [-0.25, -0.2) is 4.79 Å². The van der Waals surface area contributed by atoms with E-state index in [1.165, 1.54) is 0 Å². The van der Waals surface area contributed by atoms with E-state index in [-0.39, 0.29) is 6.03 Å². The average molecular weight is 294 g/mol. The summed E-state index contributed by atoms with van der Waals surface area (Å²) < 4.78 is 5.44. The highest BCUT2D eigenvalue weighted by atomic mass is 16.5. The Balaban J connectivity index is 2.32. The molecule has 0 saturated carbocycles. The predicted octanol–water partition coefficient (Wildman–Crippen LogP) is 2.71. The summed E-state index contributed by atoms with van der Waals surface area (Å²) >= 11 is 0. The molecule has 0 aliphatic carbocycles. The summed E-state index contributed by atoms with van der Waals surface area (Å²) in [5.74, 6) is -0.571. The van der Waals surface area contributed by atoms with Gasteiger partial charge in [0, 0.05) is 12.2 Å². The van der Waals surface area contributed by atoms with Gasteiger partial charge in [0.1, 0.15) is 5.75 Å². The minimum absolute atomic E-state index is 0.316. The van der Waals surface area contributed by atoms with E-state index in [9.17, 15) is 9.59 Å². The summed E-state index contributed by atoms with van der Waals surface area (Å²) in [6.45, 7) is 4.62. The lowest BCUT2D eigenvalue weighted by molar-refractivity contribution is -0.141. The summed E-state index contributed by atoms with van der Waals surface area (Å²) in [6, 6.07) is 6.74. The monoisotopic (exact) mass is 294 g/mol. The van der Waals surface area contributed by atoms with E-state index in [4.69, 9.17) is 9.84 Å². The molecular formula is C15H22N2O4. The number of ether oxygens (including phenoxy) is 1. The molecule has 1 atom stereocenters. The molecule has 0 bridgehead atoms. The van der Waals surface area contributed by atoms with Gasteiger partial charge in [-0.3, -0.25) is 4.79 Å². The van der Waals surface area contributed by atoms with E-state index in [2.05, 4.69) is 10.6 Å². The summed E-state index contributed by atoms with van der Waals surface area (Å²) in [4.78, 5) is 22.3. The molecule has 1 aromatic carbocycles. The molecule has 3 N–H and O–H groups in total. The fourth-order valence-corrected chi connectivity index (χ4v) is 1.56. The van der Waals surface area contributed by atoms with Crippen molar-refractivity contribution in [2.24, 2.45) is 5.92 Å². The first-order chi connectivity index (χ1) is 10.0. The van der Waals surface area contributed by atoms with E-state index in [1.54, 1.807) is 31.2 Å². The zero-order valence-corrected chi connectivity index (χ0v) is 12.4. The van der Waals surface area contributed by atoms with Gasteiger partial charge in [-0.05, 0) is 37.1 Å². The standard InChI is InChI=1S/C15H22N2O4/c1-3-10-21-13-6-4-12(5-7-13)17-15(20)16-9-8-11(2)14(18)19/h4-7,11H,3,8-10H2,1-2H3,(H,18,19)(H2,16,17,20). The van der Waals surface area contributed by atoms with Gasteiger partial charge in [-0.15, -0.1) is 0 Å². The van der Waals surface area contributed by atoms with Crippen molar-refractivity contribution < 1.29 is 19.4 Å². The Morgan fingerprint density at radius 3 is 2.52 bits per heavy atom. The highest BCUT2D eigenvalue weighted by Crippen LogP contribution is 2.15. The van der Waals surface area contributed by atoms with Crippen molar-refractivity contribution in [3.8, 4) is 5.75 Å². The summed E-state index contributed by atoms with van der Waals surface area (Å²) in [5, 5.41) is 14.0. The Morgan fingerprint density at radius 1 is 1.29 bits per heavy atom. The number of carbonyl (C=O) groups is 2. The molecule has 0 aromatic heterocycles. The number of carbonyl (C=O) groups excluding carboxylic acids is 1. The minimum atomic E-state index is -0.861. The number of nitrogens with one attached hydrogen (secondary N) is 2. The zero-order valence-electron chi connectivity index (χ0n) is 12.4. The predicted molar refractivity (Wildman–Crippen MR) is 80.7 cm³/mol. The first kappa shape index (κ1) is 16.8. The van der Waals surface area contributed by atoms with Crippen LogP contribution in [0, 0.1) is 5.92 Å². The zero-order chi connectivity index (χ0) is 15.7. The molecule has 1 rings (SSSR count). The van der Waals surface area contributed by atoms with Crippen LogP contribution in [0.1, 0.15) is 26.7 Å². The third-order valence-corrected chi connectivity index (χ3v) is 2.87. The summed E-state index contributed by atoms with van der Waals surface area (Å²) in [5.41, 5.74) is 0.655. The number of anilines is 1. The van der Waals surface area contributed by atoms with Gasteiger partial charge in [-0.2, -0.15) is 0 Å². The Morgan fingerprint density at radius 2 is 1.95 bits per heavy atom. The molecule has 116 valence electrons. The third kappa shape index (κ3) is 6.65. The fourth-order valence-electron chi connectivity index (χ4n) is 1.56. The first-order valence-electron chi connectivity index (χ1n) is 7.03. The number of carboxylic acids is 1. The second-order valence-electron chi connectivity index (χ2n) is 4.78. The number of aliphatic carboxylic acids is 1. The number of amides is 2. The van der Waals surface area contributed by atoms with Gasteiger partial charge in [0.2, 0.25) is 0 Å². The van der Waals surface area contributed by atoms with E-state index >= 15 is 0 Å². The van der Waals surface area contributed by atoms with Crippen LogP contribution in [0.25, 0.3) is 0 Å². The number of rotatable bonds is 8. The maximum Gasteiger partial charge on any atom is 0.319 e. The molecule has 0 radical (unpaired) electrons. The number of hydrogen-bond donors (Lipinski definition) is 3. The van der Waals surface area contributed by atoms with Crippen LogP contribution in [0.15, 0.2) is 24.3 Å². The molecule has 1 unspecified atom stereocenters. The molecule has 6 nitrogen and oxygen atoms in total. The van der Waals surface area contributed by atoms with Crippen LogP contribution in [-0.4, -0.2) is 30.3 Å². The summed E-state index contributed by atoms with van der Waals surface area (Å²) in [6.07, 6.45) is 1.34. The molecule has 21 heavy (non-hydrogen) atoms. The Hall–Kier alpha value is -2.24. The second-order valence-corrected chi connectivity index (χ2v) is 4.78. The average Bonchev–Trinajstić information content (AvgIpc) is 2.46. The van der Waals surface area contributed by atoms with Crippen LogP contribution in [0.2, 0.25) is 0 Å². The molecule has 0 saturated heterocycles. The van der Waals surface area contributed by atoms with Crippen molar-refractivity contribution in [2.45, 2.75) is 26.7 Å². The largest absolute Gasteiger partial charge is 0.494 e. The molecule has 0 aliphatic rings. The van der Waals surface area contributed by atoms with E-state index in [0.717, 1.165) is 12.2 Å². The maximum atomic E-state index is 11.6. The van der Waals surface area contributed by atoms with Gasteiger partial charge in [-0.1, -0.05) is 13.8 Å². The Labute approximate surface area is 124 Å². The Bertz CT molecular complexity index is 459. The SMILES string of the molecule is CCCOc1ccc(NC(=O)NCCC(C)C(=O)O)cc1. The molecular weight excluding hydrogens is 272 g/mol. The number of carboxylic acid groups (broad SMARTS) is 1. The highest BCUT2D eigenvalue weighted by molar-refractivity contribution is 5.89. The number of hydrogen-bond acceptors (Lipinski definition) is 3. The van der Waals surface area contributed by atoms with Crippen molar-refractivity contribution in [2.75, 3.05) is 18.5 Å². The Kier molecular flexibility index (Phi) is 7.08. The lowest BCUT2D eigenvalue weighted by Gasteiger charge is -2.10. The van der Waals surface area contributed by atoms with Crippen LogP contribution < -0.4 is 15.4 Å². The molecule has 0 heterocycles. The van der Waals surface area contributed by atoms with E-state index < -0.39 is 11.9 Å². The van der Waals surface area contributed by atoms with Crippen molar-refractivity contribution in [3.05, 3.63) is 24.3 Å². The van der Waals surface area contributed by atoms with Gasteiger partial charge >= 0.3 is 12.0 Å². The molecule has 2 amide bonds. The van der Waals surface area contributed by atoms with Crippen LogP contribution in [-0.2, 0) is 4.79 Å². The number of urea groups is 1. The van der Waals surface area contributed by atoms with Crippen LogP contribution in [0.4, 0.5) is 10.5 Å². The van der Waals surface area contributed by atoms with E-state index in [1.807, 2.05) is 6.92 Å². The number of benzene rings is 1. The first-order valence-corrected chi connectivity index (χ1v) is 7.03. The van der Waals surface area contributed by atoms with Crippen molar-refractivity contribution in [1.29, 1.82) is 0 Å². The quantitative estimate of drug-likeness (QED) is 0.688. The highest BCUT2D eigenvalue weighted by Gasteiger charge is 2.10. The van der Waals surface area contributed by atoms with Crippen molar-refractivity contribution >= 4 is 17.7 Å². The lowest BCUT2D eigenvalue weighted by atomic mass is 10.1. The van der Waals surface area contributed by atoms with Crippen molar-refractivity contribution in [3.63, 3.8) is 0 Å². The summed E-state index contributed by atoms with van der Waals surface area (Å²) in [7, 11) is 0. The van der Waals surface area contributed by atoms with Gasteiger partial charge < -0.3 is 20.5 Å². The lowest BCUT2D eigenvalue weighted by Crippen LogP contribution is -2.31. The molecule has 0 fully saturated rings. The van der Waals surface area contributed by atoms with Crippen LogP contribution in [0.3, 0.4) is 0 Å². The fraction of sp³-hybridized carbons (Fsp3) is 0.467. The van der Waals surface area contributed by atoms with Gasteiger partial charge in [0.25, 0.3) is 0 Å². The topological polar surface area (TPSA) is 87.7 Å².